The van der Waals surface area contributed by atoms with Crippen LogP contribution in [0.3, 0.4) is 0 Å². The maximum absolute atomic E-state index is 14.7. The maximum Gasteiger partial charge on any atom is 0.127 e. The first kappa shape index (κ1) is 22.9. The van der Waals surface area contributed by atoms with E-state index < -0.39 is 12.1 Å². The summed E-state index contributed by atoms with van der Waals surface area (Å²) >= 11 is 0. The number of nitrogens with zero attached hydrogens (tertiary/aromatic N) is 1. The van der Waals surface area contributed by atoms with Crippen molar-refractivity contribution in [2.24, 2.45) is 0 Å². The van der Waals surface area contributed by atoms with Gasteiger partial charge in [0.25, 0.3) is 0 Å². The second-order valence-electron chi connectivity index (χ2n) is 7.69. The van der Waals surface area contributed by atoms with Crippen LogP contribution in [0.25, 0.3) is 0 Å². The van der Waals surface area contributed by atoms with Crippen LogP contribution in [0.4, 0.5) is 8.78 Å². The molecule has 164 valence electrons. The molecule has 5 heteroatoms. The molecule has 3 unspecified atom stereocenters. The van der Waals surface area contributed by atoms with E-state index in [1.807, 2.05) is 49.4 Å². The molecule has 0 radical (unpaired) electrons. The summed E-state index contributed by atoms with van der Waals surface area (Å²) in [5.74, 6) is -0.854. The molecule has 3 rings (SSSR count). The molecule has 2 aromatic rings. The molecule has 0 aliphatic carbocycles. The van der Waals surface area contributed by atoms with Crippen LogP contribution in [-0.4, -0.2) is 36.2 Å². The molecule has 2 aromatic carbocycles. The SMILES string of the molecule is CC\C1=C/C=C\C=C\C(c2ccccc2F)CN1C(c1cccc(F)c1)C(O)CNC. The first-order chi connectivity index (χ1) is 15.0. The normalized spacial score (nSPS) is 22.4. The van der Waals surface area contributed by atoms with Crippen LogP contribution >= 0.6 is 0 Å². The van der Waals surface area contributed by atoms with Crippen LogP contribution in [0.1, 0.15) is 36.4 Å². The van der Waals surface area contributed by atoms with Gasteiger partial charge in [0.05, 0.1) is 12.1 Å². The van der Waals surface area contributed by atoms with Crippen molar-refractivity contribution in [3.63, 3.8) is 0 Å². The summed E-state index contributed by atoms with van der Waals surface area (Å²) in [4.78, 5) is 2.09. The van der Waals surface area contributed by atoms with Gasteiger partial charge < -0.3 is 15.3 Å². The van der Waals surface area contributed by atoms with Crippen molar-refractivity contribution < 1.29 is 13.9 Å². The van der Waals surface area contributed by atoms with Crippen molar-refractivity contribution in [3.8, 4) is 0 Å². The zero-order chi connectivity index (χ0) is 22.2. The topological polar surface area (TPSA) is 35.5 Å². The molecule has 0 saturated carbocycles. The van der Waals surface area contributed by atoms with Crippen LogP contribution < -0.4 is 5.32 Å². The monoisotopic (exact) mass is 424 g/mol. The Morgan fingerprint density at radius 2 is 1.90 bits per heavy atom. The van der Waals surface area contributed by atoms with Crippen LogP contribution in [0.15, 0.2) is 84.6 Å². The molecular formula is C26H30F2N2O. The van der Waals surface area contributed by atoms with Gasteiger partial charge in [0, 0.05) is 24.7 Å². The smallest absolute Gasteiger partial charge is 0.127 e. The number of aliphatic hydroxyl groups is 1. The number of rotatable bonds is 7. The molecule has 0 aromatic heterocycles. The molecule has 31 heavy (non-hydrogen) atoms. The average molecular weight is 425 g/mol. The Morgan fingerprint density at radius 3 is 2.61 bits per heavy atom. The number of allylic oxidation sites excluding steroid dienone is 5. The molecule has 0 spiro atoms. The number of hydrogen-bond acceptors (Lipinski definition) is 3. The maximum atomic E-state index is 14.7. The Hall–Kier alpha value is -2.76. The summed E-state index contributed by atoms with van der Waals surface area (Å²) in [6.07, 6.45) is 9.69. The number of nitrogens with one attached hydrogen (secondary N) is 1. The molecule has 3 nitrogen and oxygen atoms in total. The van der Waals surface area contributed by atoms with Crippen LogP contribution in [0.2, 0.25) is 0 Å². The number of hydrogen-bond donors (Lipinski definition) is 2. The molecule has 0 amide bonds. The molecule has 0 saturated heterocycles. The highest BCUT2D eigenvalue weighted by atomic mass is 19.1. The average Bonchev–Trinajstić information content (AvgIpc) is 2.85. The van der Waals surface area contributed by atoms with Crippen molar-refractivity contribution in [1.82, 2.24) is 10.2 Å². The first-order valence-corrected chi connectivity index (χ1v) is 10.7. The van der Waals surface area contributed by atoms with E-state index in [2.05, 4.69) is 10.2 Å². The third-order valence-electron chi connectivity index (χ3n) is 5.59. The third kappa shape index (κ3) is 5.69. The zero-order valence-corrected chi connectivity index (χ0v) is 18.0. The molecule has 1 aliphatic heterocycles. The fourth-order valence-electron chi connectivity index (χ4n) is 4.13. The lowest BCUT2D eigenvalue weighted by molar-refractivity contribution is 0.0645. The summed E-state index contributed by atoms with van der Waals surface area (Å²) in [7, 11) is 1.77. The highest BCUT2D eigenvalue weighted by molar-refractivity contribution is 5.31. The Kier molecular flexibility index (Phi) is 8.15. The lowest BCUT2D eigenvalue weighted by Gasteiger charge is -2.40. The second-order valence-corrected chi connectivity index (χ2v) is 7.69. The van der Waals surface area contributed by atoms with Crippen LogP contribution in [0.5, 0.6) is 0 Å². The van der Waals surface area contributed by atoms with Gasteiger partial charge in [-0.05, 0) is 48.9 Å². The zero-order valence-electron chi connectivity index (χ0n) is 18.0. The van der Waals surface area contributed by atoms with Gasteiger partial charge in [-0.3, -0.25) is 0 Å². The lowest BCUT2D eigenvalue weighted by atomic mass is 9.93. The van der Waals surface area contributed by atoms with E-state index >= 15 is 0 Å². The molecular weight excluding hydrogens is 394 g/mol. The fraction of sp³-hybridized carbons (Fsp3) is 0.308. The van der Waals surface area contributed by atoms with Gasteiger partial charge >= 0.3 is 0 Å². The minimum Gasteiger partial charge on any atom is -0.389 e. The van der Waals surface area contributed by atoms with E-state index in [1.54, 1.807) is 25.2 Å². The molecule has 1 heterocycles. The Balaban J connectivity index is 2.11. The van der Waals surface area contributed by atoms with E-state index in [0.29, 0.717) is 30.6 Å². The third-order valence-corrected chi connectivity index (χ3v) is 5.59. The highest BCUT2D eigenvalue weighted by Gasteiger charge is 2.31. The van der Waals surface area contributed by atoms with Crippen molar-refractivity contribution >= 4 is 0 Å². The number of halogens is 2. The predicted octanol–water partition coefficient (Wildman–Crippen LogP) is 5.09. The van der Waals surface area contributed by atoms with Gasteiger partial charge in [-0.25, -0.2) is 8.78 Å². The summed E-state index contributed by atoms with van der Waals surface area (Å²) < 4.78 is 28.8. The van der Waals surface area contributed by atoms with Crippen LogP contribution in [-0.2, 0) is 0 Å². The van der Waals surface area contributed by atoms with Crippen molar-refractivity contribution in [3.05, 3.63) is 107 Å². The standard InChI is InChI=1S/C26H30F2N2O/c1-3-22-13-6-4-5-10-20(23-14-7-8-15-24(23)28)18-30(22)26(25(31)17-29-2)19-11-9-12-21(27)16-19/h4-16,20,25-26,29,31H,3,17-18H2,1-2H3/b6-4-,10-5+,22-13+. The number of benzene rings is 2. The van der Waals surface area contributed by atoms with Gasteiger partial charge in [0.15, 0.2) is 0 Å². The molecule has 1 aliphatic rings. The molecule has 2 N–H and O–H groups in total. The van der Waals surface area contributed by atoms with Crippen molar-refractivity contribution in [2.75, 3.05) is 20.1 Å². The number of aliphatic hydroxyl groups excluding tert-OH is 1. The quantitative estimate of drug-likeness (QED) is 0.650. The van der Waals surface area contributed by atoms with E-state index in [0.717, 1.165) is 5.70 Å². The predicted molar refractivity (Wildman–Crippen MR) is 122 cm³/mol. The van der Waals surface area contributed by atoms with Gasteiger partial charge in [-0.2, -0.15) is 0 Å². The minimum atomic E-state index is -0.795. The van der Waals surface area contributed by atoms with Gasteiger partial charge in [0.1, 0.15) is 11.6 Å². The Morgan fingerprint density at radius 1 is 1.10 bits per heavy atom. The minimum absolute atomic E-state index is 0.239. The van der Waals surface area contributed by atoms with Gasteiger partial charge in [-0.15, -0.1) is 0 Å². The Bertz CT molecular complexity index is 954. The van der Waals surface area contributed by atoms with Gasteiger partial charge in [0.2, 0.25) is 0 Å². The summed E-state index contributed by atoms with van der Waals surface area (Å²) in [6.45, 7) is 2.83. The largest absolute Gasteiger partial charge is 0.389 e. The van der Waals surface area contributed by atoms with E-state index in [9.17, 15) is 13.9 Å². The van der Waals surface area contributed by atoms with Crippen molar-refractivity contribution in [1.29, 1.82) is 0 Å². The highest BCUT2D eigenvalue weighted by Crippen LogP contribution is 2.34. The molecule has 3 atom stereocenters. The summed E-state index contributed by atoms with van der Waals surface area (Å²) in [5.41, 5.74) is 2.27. The summed E-state index contributed by atoms with van der Waals surface area (Å²) in [5, 5.41) is 14.1. The van der Waals surface area contributed by atoms with E-state index in [1.165, 1.54) is 18.2 Å². The van der Waals surface area contributed by atoms with Gasteiger partial charge in [-0.1, -0.05) is 61.6 Å². The second kappa shape index (κ2) is 11.0. The Labute approximate surface area is 183 Å². The number of likely N-dealkylation sites (N-methyl/N-ethyl adjacent to an activating group) is 1. The summed E-state index contributed by atoms with van der Waals surface area (Å²) in [6, 6.07) is 12.6. The molecule has 0 bridgehead atoms. The fourth-order valence-corrected chi connectivity index (χ4v) is 4.13. The first-order valence-electron chi connectivity index (χ1n) is 10.7. The van der Waals surface area contributed by atoms with Crippen molar-refractivity contribution in [2.45, 2.75) is 31.4 Å². The van der Waals surface area contributed by atoms with E-state index in [-0.39, 0.29) is 17.6 Å². The van der Waals surface area contributed by atoms with Crippen LogP contribution in [0, 0.1) is 11.6 Å². The van der Waals surface area contributed by atoms with E-state index in [4.69, 9.17) is 0 Å². The molecule has 0 fully saturated rings. The lowest BCUT2D eigenvalue weighted by Crippen LogP contribution is -2.42.